The van der Waals surface area contributed by atoms with Gasteiger partial charge >= 0.3 is 6.61 Å². The fourth-order valence-electron chi connectivity index (χ4n) is 2.37. The zero-order valence-electron chi connectivity index (χ0n) is 14.7. The van der Waals surface area contributed by atoms with Crippen LogP contribution in [0.3, 0.4) is 0 Å². The molecule has 8 nitrogen and oxygen atoms in total. The third kappa shape index (κ3) is 5.06. The van der Waals surface area contributed by atoms with Crippen LogP contribution >= 0.6 is 15.9 Å². The largest absolute Gasteiger partial charge is 0.490 e. The van der Waals surface area contributed by atoms with Gasteiger partial charge in [-0.2, -0.15) is 19.0 Å². The van der Waals surface area contributed by atoms with Crippen molar-refractivity contribution in [2.45, 2.75) is 20.2 Å². The van der Waals surface area contributed by atoms with Crippen LogP contribution in [0.2, 0.25) is 0 Å². The summed E-state index contributed by atoms with van der Waals surface area (Å²) >= 11 is 3.31. The van der Waals surface area contributed by atoms with Gasteiger partial charge in [0.25, 0.3) is 5.91 Å². The summed E-state index contributed by atoms with van der Waals surface area (Å²) in [6.07, 6.45) is 5.07. The molecule has 11 heteroatoms. The van der Waals surface area contributed by atoms with E-state index in [2.05, 4.69) is 36.2 Å². The molecule has 148 valence electrons. The molecule has 1 aromatic carbocycles. The summed E-state index contributed by atoms with van der Waals surface area (Å²) in [4.78, 5) is 12.4. The van der Waals surface area contributed by atoms with Gasteiger partial charge in [0.05, 0.1) is 17.3 Å². The number of rotatable bonds is 8. The predicted octanol–water partition coefficient (Wildman–Crippen LogP) is 3.60. The number of alkyl halides is 2. The number of anilines is 1. The molecule has 0 saturated heterocycles. The van der Waals surface area contributed by atoms with E-state index in [4.69, 9.17) is 4.74 Å². The second-order valence-corrected chi connectivity index (χ2v) is 6.42. The minimum atomic E-state index is -2.97. The van der Waals surface area contributed by atoms with Crippen LogP contribution in [0.1, 0.15) is 17.4 Å². The van der Waals surface area contributed by atoms with Crippen molar-refractivity contribution in [1.29, 1.82) is 0 Å². The minimum Gasteiger partial charge on any atom is -0.490 e. The van der Waals surface area contributed by atoms with E-state index in [-0.39, 0.29) is 23.8 Å². The molecule has 0 radical (unpaired) electrons. The molecule has 0 saturated carbocycles. The van der Waals surface area contributed by atoms with Crippen LogP contribution < -0.4 is 14.8 Å². The molecule has 1 N–H and O–H groups in total. The van der Waals surface area contributed by atoms with E-state index in [0.29, 0.717) is 12.4 Å². The standard InChI is InChI=1S/C17H16BrF2N5O3/c1-2-27-15-7-12(3-4-14(15)28-17(19)20)22-16(26)13-5-6-24(23-13)10-25-9-11(18)8-21-25/h3-9,17H,2,10H2,1H3,(H,22,26). The van der Waals surface area contributed by atoms with E-state index in [1.807, 2.05) is 0 Å². The smallest absolute Gasteiger partial charge is 0.387 e. The molecule has 0 fully saturated rings. The summed E-state index contributed by atoms with van der Waals surface area (Å²) in [5.74, 6) is -0.453. The summed E-state index contributed by atoms with van der Waals surface area (Å²) in [7, 11) is 0. The van der Waals surface area contributed by atoms with Crippen LogP contribution in [-0.4, -0.2) is 38.7 Å². The molecule has 3 aromatic rings. The number of carbonyl (C=O) groups is 1. The van der Waals surface area contributed by atoms with Crippen molar-refractivity contribution >= 4 is 27.5 Å². The number of hydrogen-bond donors (Lipinski definition) is 1. The van der Waals surface area contributed by atoms with Crippen LogP contribution in [0.4, 0.5) is 14.5 Å². The Morgan fingerprint density at radius 2 is 2.11 bits per heavy atom. The lowest BCUT2D eigenvalue weighted by molar-refractivity contribution is -0.0514. The van der Waals surface area contributed by atoms with Gasteiger partial charge in [-0.3, -0.25) is 9.48 Å². The summed E-state index contributed by atoms with van der Waals surface area (Å²) in [5, 5.41) is 11.0. The third-order valence-electron chi connectivity index (χ3n) is 3.48. The van der Waals surface area contributed by atoms with E-state index < -0.39 is 12.5 Å². The lowest BCUT2D eigenvalue weighted by Gasteiger charge is -2.13. The lowest BCUT2D eigenvalue weighted by Crippen LogP contribution is -2.15. The number of halogens is 3. The second-order valence-electron chi connectivity index (χ2n) is 5.51. The normalized spacial score (nSPS) is 10.9. The highest BCUT2D eigenvalue weighted by atomic mass is 79.9. The number of aromatic nitrogens is 4. The van der Waals surface area contributed by atoms with Gasteiger partial charge in [-0.25, -0.2) is 4.68 Å². The first-order valence-electron chi connectivity index (χ1n) is 8.19. The first-order valence-corrected chi connectivity index (χ1v) is 8.98. The van der Waals surface area contributed by atoms with Crippen molar-refractivity contribution < 1.29 is 23.0 Å². The van der Waals surface area contributed by atoms with Crippen LogP contribution in [0, 0.1) is 0 Å². The van der Waals surface area contributed by atoms with Gasteiger partial charge < -0.3 is 14.8 Å². The van der Waals surface area contributed by atoms with Gasteiger partial charge in [0.2, 0.25) is 0 Å². The average Bonchev–Trinajstić information content (AvgIpc) is 3.26. The summed E-state index contributed by atoms with van der Waals surface area (Å²) in [5.41, 5.74) is 0.553. The molecule has 0 aliphatic carbocycles. The summed E-state index contributed by atoms with van der Waals surface area (Å²) < 4.78 is 38.7. The molecule has 0 atom stereocenters. The SMILES string of the molecule is CCOc1cc(NC(=O)c2ccn(Cn3cc(Br)cn3)n2)ccc1OC(F)F. The van der Waals surface area contributed by atoms with E-state index in [9.17, 15) is 13.6 Å². The number of nitrogens with zero attached hydrogens (tertiary/aromatic N) is 4. The molecule has 0 aliphatic rings. The molecule has 2 heterocycles. The van der Waals surface area contributed by atoms with Crippen molar-refractivity contribution in [2.75, 3.05) is 11.9 Å². The maximum atomic E-state index is 12.5. The first kappa shape index (κ1) is 19.8. The Labute approximate surface area is 167 Å². The van der Waals surface area contributed by atoms with E-state index >= 15 is 0 Å². The highest BCUT2D eigenvalue weighted by Crippen LogP contribution is 2.31. The van der Waals surface area contributed by atoms with Crippen LogP contribution in [0.5, 0.6) is 11.5 Å². The highest BCUT2D eigenvalue weighted by Gasteiger charge is 2.14. The Morgan fingerprint density at radius 3 is 2.79 bits per heavy atom. The van der Waals surface area contributed by atoms with Gasteiger partial charge in [0.1, 0.15) is 6.67 Å². The Morgan fingerprint density at radius 1 is 1.29 bits per heavy atom. The molecule has 0 bridgehead atoms. The topological polar surface area (TPSA) is 83.2 Å². The second kappa shape index (κ2) is 8.83. The van der Waals surface area contributed by atoms with Gasteiger partial charge in [0, 0.05) is 24.1 Å². The first-order chi connectivity index (χ1) is 13.4. The van der Waals surface area contributed by atoms with Gasteiger partial charge in [-0.1, -0.05) is 0 Å². The van der Waals surface area contributed by atoms with Crippen LogP contribution in [-0.2, 0) is 6.67 Å². The third-order valence-corrected chi connectivity index (χ3v) is 3.89. The number of hydrogen-bond acceptors (Lipinski definition) is 5. The van der Waals surface area contributed by atoms with E-state index in [1.165, 1.54) is 18.2 Å². The van der Waals surface area contributed by atoms with Crippen LogP contribution in [0.25, 0.3) is 0 Å². The molecule has 0 aliphatic heterocycles. The molecular formula is C17H16BrF2N5O3. The molecule has 28 heavy (non-hydrogen) atoms. The Kier molecular flexibility index (Phi) is 6.24. The Balaban J connectivity index is 1.69. The van der Waals surface area contributed by atoms with Crippen molar-refractivity contribution in [3.05, 3.63) is 53.0 Å². The molecule has 3 rings (SSSR count). The van der Waals surface area contributed by atoms with E-state index in [0.717, 1.165) is 4.47 Å². The number of nitrogens with one attached hydrogen (secondary N) is 1. The molecule has 2 aromatic heterocycles. The fourth-order valence-corrected chi connectivity index (χ4v) is 2.70. The quantitative estimate of drug-likeness (QED) is 0.560. The van der Waals surface area contributed by atoms with Crippen molar-refractivity contribution in [2.24, 2.45) is 0 Å². The minimum absolute atomic E-state index is 0.107. The zero-order valence-corrected chi connectivity index (χ0v) is 16.3. The van der Waals surface area contributed by atoms with Crippen molar-refractivity contribution in [3.63, 3.8) is 0 Å². The Bertz CT molecular complexity index is 960. The molecule has 1 amide bonds. The Hall–Kier alpha value is -2.95. The number of ether oxygens (including phenoxy) is 2. The van der Waals surface area contributed by atoms with E-state index in [1.54, 1.807) is 40.9 Å². The number of amides is 1. The van der Waals surface area contributed by atoms with Gasteiger partial charge in [-0.05, 0) is 41.1 Å². The summed E-state index contributed by atoms with van der Waals surface area (Å²) in [6.45, 7) is -0.667. The molecule has 0 spiro atoms. The fraction of sp³-hybridized carbons (Fsp3) is 0.235. The maximum absolute atomic E-state index is 12.5. The summed E-state index contributed by atoms with van der Waals surface area (Å²) in [6, 6.07) is 5.72. The lowest BCUT2D eigenvalue weighted by atomic mass is 10.2. The van der Waals surface area contributed by atoms with Gasteiger partial charge in [0.15, 0.2) is 17.2 Å². The van der Waals surface area contributed by atoms with Crippen LogP contribution in [0.15, 0.2) is 47.3 Å². The van der Waals surface area contributed by atoms with Crippen molar-refractivity contribution in [3.8, 4) is 11.5 Å². The zero-order chi connectivity index (χ0) is 20.1. The highest BCUT2D eigenvalue weighted by molar-refractivity contribution is 9.10. The average molecular weight is 456 g/mol. The number of carbonyl (C=O) groups excluding carboxylic acids is 1. The maximum Gasteiger partial charge on any atom is 0.387 e. The number of benzene rings is 1. The van der Waals surface area contributed by atoms with Crippen molar-refractivity contribution in [1.82, 2.24) is 19.6 Å². The predicted molar refractivity (Wildman–Crippen MR) is 99.7 cm³/mol. The monoisotopic (exact) mass is 455 g/mol. The molecule has 0 unspecified atom stereocenters. The van der Waals surface area contributed by atoms with Gasteiger partial charge in [-0.15, -0.1) is 0 Å². The molecular weight excluding hydrogens is 440 g/mol.